The molecule has 0 saturated heterocycles. The molecule has 3 heterocycles. The quantitative estimate of drug-likeness (QED) is 0.752. The topological polar surface area (TPSA) is 91.5 Å². The maximum absolute atomic E-state index is 9.42. The van der Waals surface area contributed by atoms with Crippen molar-refractivity contribution in [3.05, 3.63) is 47.8 Å². The van der Waals surface area contributed by atoms with Gasteiger partial charge in [-0.25, -0.2) is 9.97 Å². The van der Waals surface area contributed by atoms with Gasteiger partial charge in [0.2, 0.25) is 5.95 Å². The molecule has 7 nitrogen and oxygen atoms in total. The van der Waals surface area contributed by atoms with Gasteiger partial charge in [0.25, 0.3) is 0 Å². The van der Waals surface area contributed by atoms with Crippen molar-refractivity contribution in [3.63, 3.8) is 0 Å². The summed E-state index contributed by atoms with van der Waals surface area (Å²) in [6, 6.07) is 10.3. The normalized spacial score (nSPS) is 12.5. The fourth-order valence-corrected chi connectivity index (χ4v) is 3.05. The number of hydrogen-bond acceptors (Lipinski definition) is 6. The van der Waals surface area contributed by atoms with E-state index in [-0.39, 0.29) is 0 Å². The number of nitrogens with one attached hydrogen (secondary N) is 2. The first-order valence-electron chi connectivity index (χ1n) is 8.60. The number of benzene rings is 1. The minimum Gasteiger partial charge on any atom is -0.383 e. The largest absolute Gasteiger partial charge is 0.383 e. The Kier molecular flexibility index (Phi) is 4.01. The second-order valence-electron chi connectivity index (χ2n) is 6.51. The summed E-state index contributed by atoms with van der Waals surface area (Å²) in [5, 5.41) is 20.3. The van der Waals surface area contributed by atoms with E-state index in [4.69, 9.17) is 0 Å². The van der Waals surface area contributed by atoms with Crippen LogP contribution < -0.4 is 10.6 Å². The molecule has 0 aliphatic carbocycles. The van der Waals surface area contributed by atoms with Gasteiger partial charge in [0, 0.05) is 36.6 Å². The third kappa shape index (κ3) is 2.97. The van der Waals surface area contributed by atoms with Gasteiger partial charge >= 0.3 is 0 Å². The van der Waals surface area contributed by atoms with Gasteiger partial charge in [-0.3, -0.25) is 4.68 Å². The number of anilines is 3. The van der Waals surface area contributed by atoms with Crippen LogP contribution in [0.25, 0.3) is 11.3 Å². The predicted molar refractivity (Wildman–Crippen MR) is 100 cm³/mol. The fourth-order valence-electron chi connectivity index (χ4n) is 3.05. The maximum atomic E-state index is 9.42. The zero-order chi connectivity index (χ0) is 18.1. The minimum absolute atomic E-state index is 0.294. The first kappa shape index (κ1) is 16.1. The average molecular weight is 345 g/mol. The molecule has 3 aromatic rings. The van der Waals surface area contributed by atoms with Gasteiger partial charge in [0.1, 0.15) is 6.07 Å². The Hall–Kier alpha value is -3.40. The van der Waals surface area contributed by atoms with E-state index in [1.165, 1.54) is 0 Å². The van der Waals surface area contributed by atoms with Gasteiger partial charge in [-0.05, 0) is 44.0 Å². The van der Waals surface area contributed by atoms with Gasteiger partial charge in [-0.2, -0.15) is 10.4 Å². The molecule has 1 aromatic carbocycles. The van der Waals surface area contributed by atoms with Crippen molar-refractivity contribution in [1.82, 2.24) is 19.7 Å². The minimum atomic E-state index is 0.294. The van der Waals surface area contributed by atoms with Gasteiger partial charge in [-0.15, -0.1) is 0 Å². The molecule has 0 spiro atoms. The second-order valence-corrected chi connectivity index (χ2v) is 6.51. The van der Waals surface area contributed by atoms with Crippen LogP contribution in [0.15, 0.2) is 36.7 Å². The molecule has 1 aliphatic rings. The van der Waals surface area contributed by atoms with Crippen LogP contribution in [0.1, 0.15) is 31.0 Å². The third-order valence-corrected chi connectivity index (χ3v) is 4.37. The smallest absolute Gasteiger partial charge is 0.228 e. The van der Waals surface area contributed by atoms with E-state index in [1.54, 1.807) is 6.20 Å². The summed E-state index contributed by atoms with van der Waals surface area (Å²) in [5.41, 5.74) is 4.45. The Balaban J connectivity index is 1.65. The maximum Gasteiger partial charge on any atom is 0.228 e. The van der Waals surface area contributed by atoms with Crippen molar-refractivity contribution in [2.75, 3.05) is 17.2 Å². The van der Waals surface area contributed by atoms with E-state index in [0.29, 0.717) is 23.4 Å². The monoisotopic (exact) mass is 345 g/mol. The molecule has 0 amide bonds. The molecular weight excluding hydrogens is 326 g/mol. The molecule has 7 heteroatoms. The van der Waals surface area contributed by atoms with E-state index in [2.05, 4.69) is 51.7 Å². The summed E-state index contributed by atoms with van der Waals surface area (Å²) >= 11 is 0. The molecule has 0 fully saturated rings. The van der Waals surface area contributed by atoms with Crippen molar-refractivity contribution in [2.24, 2.45) is 0 Å². The molecule has 0 bridgehead atoms. The van der Waals surface area contributed by atoms with E-state index < -0.39 is 0 Å². The Labute approximate surface area is 151 Å². The summed E-state index contributed by atoms with van der Waals surface area (Å²) in [4.78, 5) is 8.87. The van der Waals surface area contributed by atoms with Crippen molar-refractivity contribution < 1.29 is 0 Å². The van der Waals surface area contributed by atoms with E-state index >= 15 is 0 Å². The number of fused-ring (bicyclic) bond motifs is 1. The van der Waals surface area contributed by atoms with E-state index in [0.717, 1.165) is 35.5 Å². The molecule has 0 saturated carbocycles. The second kappa shape index (κ2) is 6.48. The molecule has 0 radical (unpaired) electrons. The lowest BCUT2D eigenvalue weighted by Crippen LogP contribution is -2.03. The number of rotatable bonds is 4. The van der Waals surface area contributed by atoms with Gasteiger partial charge in [-0.1, -0.05) is 0 Å². The van der Waals surface area contributed by atoms with Crippen LogP contribution in [0, 0.1) is 11.3 Å². The lowest BCUT2D eigenvalue weighted by Gasteiger charge is -2.08. The van der Waals surface area contributed by atoms with Gasteiger partial charge in [0.15, 0.2) is 5.82 Å². The molecule has 0 atom stereocenters. The fraction of sp³-hybridized carbons (Fsp3) is 0.263. The van der Waals surface area contributed by atoms with Crippen molar-refractivity contribution >= 4 is 17.5 Å². The van der Waals surface area contributed by atoms with Crippen LogP contribution in [0.2, 0.25) is 0 Å². The van der Waals surface area contributed by atoms with Crippen LogP contribution >= 0.6 is 0 Å². The molecule has 130 valence electrons. The summed E-state index contributed by atoms with van der Waals surface area (Å²) in [6.07, 6.45) is 4.55. The van der Waals surface area contributed by atoms with Crippen LogP contribution in [-0.4, -0.2) is 26.3 Å². The van der Waals surface area contributed by atoms with E-state index in [1.807, 2.05) is 29.1 Å². The number of nitrogens with zero attached hydrogens (tertiary/aromatic N) is 5. The SMILES string of the molecule is CC(C)n1ccc(Nc2nccc(-c3cc(C#N)c4c(c3)CCN4)n2)n1. The van der Waals surface area contributed by atoms with Crippen molar-refractivity contribution in [1.29, 1.82) is 5.26 Å². The number of nitriles is 1. The Morgan fingerprint density at radius 1 is 1.31 bits per heavy atom. The summed E-state index contributed by atoms with van der Waals surface area (Å²) in [5.74, 6) is 1.18. The highest BCUT2D eigenvalue weighted by molar-refractivity contribution is 5.74. The van der Waals surface area contributed by atoms with Gasteiger partial charge < -0.3 is 10.6 Å². The summed E-state index contributed by atoms with van der Waals surface area (Å²) < 4.78 is 1.87. The van der Waals surface area contributed by atoms with E-state index in [9.17, 15) is 5.26 Å². The van der Waals surface area contributed by atoms with Crippen LogP contribution in [0.5, 0.6) is 0 Å². The summed E-state index contributed by atoms with van der Waals surface area (Å²) in [6.45, 7) is 5.01. The highest BCUT2D eigenvalue weighted by atomic mass is 15.3. The summed E-state index contributed by atoms with van der Waals surface area (Å²) in [7, 11) is 0. The first-order valence-corrected chi connectivity index (χ1v) is 8.60. The molecule has 2 N–H and O–H groups in total. The Bertz CT molecular complexity index is 997. The average Bonchev–Trinajstić information content (AvgIpc) is 3.30. The standard InChI is InChI=1S/C19H19N7/c1-12(2)26-8-5-17(25-26)24-19-22-7-4-16(23-19)14-9-13-3-6-21-18(13)15(10-14)11-20/h4-5,7-10,12,21H,3,6H2,1-2H3,(H,22,23,24,25). The molecule has 1 aliphatic heterocycles. The predicted octanol–water partition coefficient (Wildman–Crippen LogP) is 3.50. The number of aromatic nitrogens is 4. The van der Waals surface area contributed by atoms with Crippen molar-refractivity contribution in [3.8, 4) is 17.3 Å². The zero-order valence-corrected chi connectivity index (χ0v) is 14.7. The highest BCUT2D eigenvalue weighted by Crippen LogP contribution is 2.31. The molecule has 0 unspecified atom stereocenters. The van der Waals surface area contributed by atoms with Crippen LogP contribution in [-0.2, 0) is 6.42 Å². The van der Waals surface area contributed by atoms with Crippen LogP contribution in [0.4, 0.5) is 17.5 Å². The number of hydrogen-bond donors (Lipinski definition) is 2. The zero-order valence-electron chi connectivity index (χ0n) is 14.7. The van der Waals surface area contributed by atoms with Crippen LogP contribution in [0.3, 0.4) is 0 Å². The molecular formula is C19H19N7. The first-order chi connectivity index (χ1) is 12.6. The molecule has 2 aromatic heterocycles. The lowest BCUT2D eigenvalue weighted by molar-refractivity contribution is 0.534. The molecule has 26 heavy (non-hydrogen) atoms. The van der Waals surface area contributed by atoms with Gasteiger partial charge in [0.05, 0.1) is 16.9 Å². The van der Waals surface area contributed by atoms with Crippen molar-refractivity contribution in [2.45, 2.75) is 26.3 Å². The lowest BCUT2D eigenvalue weighted by atomic mass is 10.0. The highest BCUT2D eigenvalue weighted by Gasteiger charge is 2.17. The Morgan fingerprint density at radius 3 is 2.96 bits per heavy atom. The Morgan fingerprint density at radius 2 is 2.19 bits per heavy atom. The molecule has 4 rings (SSSR count). The third-order valence-electron chi connectivity index (χ3n) is 4.37.